The van der Waals surface area contributed by atoms with Crippen LogP contribution in [0.25, 0.3) is 0 Å². The molecule has 112 valence electrons. The molecule has 1 N–H and O–H groups in total. The molecule has 0 amide bonds. The number of hydrogen-bond donors (Lipinski definition) is 1. The van der Waals surface area contributed by atoms with Gasteiger partial charge in [0.15, 0.2) is 0 Å². The summed E-state index contributed by atoms with van der Waals surface area (Å²) in [5.74, 6) is 0. The zero-order valence-corrected chi connectivity index (χ0v) is 13.2. The number of hydrogen-bond acceptors (Lipinski definition) is 2. The predicted octanol–water partition coefficient (Wildman–Crippen LogP) is 4.73. The van der Waals surface area contributed by atoms with Crippen LogP contribution >= 0.6 is 0 Å². The Morgan fingerprint density at radius 3 is 2.33 bits per heavy atom. The van der Waals surface area contributed by atoms with Crippen LogP contribution in [0.5, 0.6) is 0 Å². The molecule has 0 bridgehead atoms. The summed E-state index contributed by atoms with van der Waals surface area (Å²) in [5.41, 5.74) is 3.95. The molecule has 2 heteroatoms. The Bertz CT molecular complexity index is 522. The Hall–Kier alpha value is -1.80. The summed E-state index contributed by atoms with van der Waals surface area (Å²) in [5, 5.41) is 3.44. The van der Waals surface area contributed by atoms with Crippen LogP contribution in [0, 0.1) is 0 Å². The smallest absolute Gasteiger partial charge is 0.0456 e. The van der Waals surface area contributed by atoms with Crippen molar-refractivity contribution in [1.29, 1.82) is 0 Å². The first kappa shape index (κ1) is 15.6. The van der Waals surface area contributed by atoms with E-state index in [1.807, 2.05) is 0 Å². The molecule has 2 aromatic carbocycles. The number of anilines is 2. The van der Waals surface area contributed by atoms with Crippen LogP contribution in [0.1, 0.15) is 32.3 Å². The lowest BCUT2D eigenvalue weighted by Crippen LogP contribution is -2.21. The van der Waals surface area contributed by atoms with E-state index in [1.165, 1.54) is 29.8 Å². The van der Waals surface area contributed by atoms with E-state index in [2.05, 4.69) is 78.7 Å². The van der Waals surface area contributed by atoms with Crippen molar-refractivity contribution in [2.75, 3.05) is 18.0 Å². The molecule has 0 unspecified atom stereocenters. The number of rotatable bonds is 8. The lowest BCUT2D eigenvalue weighted by Gasteiger charge is -2.27. The van der Waals surface area contributed by atoms with Crippen LogP contribution in [-0.2, 0) is 6.54 Å². The Morgan fingerprint density at radius 1 is 0.905 bits per heavy atom. The van der Waals surface area contributed by atoms with Gasteiger partial charge in [0.1, 0.15) is 0 Å². The normalized spacial score (nSPS) is 10.6. The highest BCUT2D eigenvalue weighted by Crippen LogP contribution is 2.28. The highest BCUT2D eigenvalue weighted by atomic mass is 15.1. The van der Waals surface area contributed by atoms with Gasteiger partial charge in [-0.3, -0.25) is 0 Å². The van der Waals surface area contributed by atoms with E-state index in [-0.39, 0.29) is 0 Å². The molecule has 0 aliphatic rings. The number of nitrogens with zero attached hydrogens (tertiary/aromatic N) is 1. The maximum Gasteiger partial charge on any atom is 0.0456 e. The first-order valence-corrected chi connectivity index (χ1v) is 7.98. The van der Waals surface area contributed by atoms with Crippen molar-refractivity contribution in [3.63, 3.8) is 0 Å². The molecule has 0 saturated heterocycles. The van der Waals surface area contributed by atoms with Crippen LogP contribution in [0.3, 0.4) is 0 Å². The van der Waals surface area contributed by atoms with Gasteiger partial charge in [-0.25, -0.2) is 0 Å². The average Bonchev–Trinajstić information content (AvgIpc) is 2.55. The van der Waals surface area contributed by atoms with Gasteiger partial charge in [0, 0.05) is 24.5 Å². The standard InChI is InChI=1S/C19H26N2/c1-3-5-15-21(18-12-7-6-8-13-18)19-14-10-9-11-17(19)16-20-4-2/h6-14,20H,3-5,15-16H2,1-2H3. The second-order valence-electron chi connectivity index (χ2n) is 5.25. The van der Waals surface area contributed by atoms with Gasteiger partial charge >= 0.3 is 0 Å². The molecular weight excluding hydrogens is 256 g/mol. The summed E-state index contributed by atoms with van der Waals surface area (Å²) < 4.78 is 0. The van der Waals surface area contributed by atoms with Gasteiger partial charge in [-0.2, -0.15) is 0 Å². The van der Waals surface area contributed by atoms with E-state index < -0.39 is 0 Å². The molecule has 2 nitrogen and oxygen atoms in total. The SMILES string of the molecule is CCCCN(c1ccccc1)c1ccccc1CNCC. The van der Waals surface area contributed by atoms with Gasteiger partial charge in [-0.15, -0.1) is 0 Å². The third kappa shape index (κ3) is 4.33. The quantitative estimate of drug-likeness (QED) is 0.752. The molecule has 0 spiro atoms. The number of para-hydroxylation sites is 2. The zero-order valence-electron chi connectivity index (χ0n) is 13.2. The third-order valence-electron chi connectivity index (χ3n) is 3.65. The minimum Gasteiger partial charge on any atom is -0.341 e. The lowest BCUT2D eigenvalue weighted by atomic mass is 10.1. The van der Waals surface area contributed by atoms with Crippen molar-refractivity contribution < 1.29 is 0 Å². The molecule has 0 aliphatic heterocycles. The molecule has 0 aromatic heterocycles. The fourth-order valence-electron chi connectivity index (χ4n) is 2.50. The van der Waals surface area contributed by atoms with Crippen molar-refractivity contribution in [1.82, 2.24) is 5.32 Å². The highest BCUT2D eigenvalue weighted by Gasteiger charge is 2.12. The van der Waals surface area contributed by atoms with Crippen molar-refractivity contribution in [2.24, 2.45) is 0 Å². The number of unbranched alkanes of at least 4 members (excludes halogenated alkanes) is 1. The monoisotopic (exact) mass is 282 g/mol. The Morgan fingerprint density at radius 2 is 1.62 bits per heavy atom. The summed E-state index contributed by atoms with van der Waals surface area (Å²) in [6.45, 7) is 7.36. The molecule has 21 heavy (non-hydrogen) atoms. The van der Waals surface area contributed by atoms with Crippen molar-refractivity contribution in [3.05, 3.63) is 60.2 Å². The van der Waals surface area contributed by atoms with E-state index in [9.17, 15) is 0 Å². The van der Waals surface area contributed by atoms with Crippen LogP contribution in [0.2, 0.25) is 0 Å². The lowest BCUT2D eigenvalue weighted by molar-refractivity contribution is 0.721. The van der Waals surface area contributed by atoms with Crippen LogP contribution in [-0.4, -0.2) is 13.1 Å². The van der Waals surface area contributed by atoms with Gasteiger partial charge in [-0.1, -0.05) is 56.7 Å². The summed E-state index contributed by atoms with van der Waals surface area (Å²) >= 11 is 0. The summed E-state index contributed by atoms with van der Waals surface area (Å²) in [4.78, 5) is 2.44. The van der Waals surface area contributed by atoms with E-state index >= 15 is 0 Å². The second kappa shape index (κ2) is 8.48. The largest absolute Gasteiger partial charge is 0.341 e. The molecule has 0 heterocycles. The minimum absolute atomic E-state index is 0.919. The molecule has 2 aromatic rings. The first-order valence-electron chi connectivity index (χ1n) is 7.98. The fraction of sp³-hybridized carbons (Fsp3) is 0.368. The van der Waals surface area contributed by atoms with Gasteiger partial charge in [0.2, 0.25) is 0 Å². The average molecular weight is 282 g/mol. The molecular formula is C19H26N2. The molecule has 0 fully saturated rings. The molecule has 0 atom stereocenters. The summed E-state index contributed by atoms with van der Waals surface area (Å²) in [6, 6.07) is 19.4. The maximum absolute atomic E-state index is 3.44. The Labute approximate surface area is 128 Å². The number of nitrogens with one attached hydrogen (secondary N) is 1. The minimum atomic E-state index is 0.919. The molecule has 0 saturated carbocycles. The van der Waals surface area contributed by atoms with E-state index in [1.54, 1.807) is 0 Å². The highest BCUT2D eigenvalue weighted by molar-refractivity contribution is 5.66. The Balaban J connectivity index is 2.32. The van der Waals surface area contributed by atoms with Gasteiger partial charge in [0.05, 0.1) is 0 Å². The third-order valence-corrected chi connectivity index (χ3v) is 3.65. The van der Waals surface area contributed by atoms with Crippen LogP contribution in [0.4, 0.5) is 11.4 Å². The van der Waals surface area contributed by atoms with Crippen molar-refractivity contribution in [2.45, 2.75) is 33.2 Å². The van der Waals surface area contributed by atoms with Crippen LogP contribution < -0.4 is 10.2 Å². The number of benzene rings is 2. The Kier molecular flexibility index (Phi) is 6.29. The van der Waals surface area contributed by atoms with E-state index in [0.29, 0.717) is 0 Å². The van der Waals surface area contributed by atoms with Gasteiger partial charge in [-0.05, 0) is 36.7 Å². The maximum atomic E-state index is 3.44. The molecule has 0 radical (unpaired) electrons. The van der Waals surface area contributed by atoms with E-state index in [0.717, 1.165) is 19.6 Å². The van der Waals surface area contributed by atoms with Crippen molar-refractivity contribution in [3.8, 4) is 0 Å². The molecule has 0 aliphatic carbocycles. The van der Waals surface area contributed by atoms with E-state index in [4.69, 9.17) is 0 Å². The summed E-state index contributed by atoms with van der Waals surface area (Å²) in [6.07, 6.45) is 2.41. The van der Waals surface area contributed by atoms with Crippen molar-refractivity contribution >= 4 is 11.4 Å². The van der Waals surface area contributed by atoms with Gasteiger partial charge < -0.3 is 10.2 Å². The first-order chi connectivity index (χ1) is 10.4. The fourth-order valence-corrected chi connectivity index (χ4v) is 2.50. The molecule has 2 rings (SSSR count). The van der Waals surface area contributed by atoms with Gasteiger partial charge in [0.25, 0.3) is 0 Å². The topological polar surface area (TPSA) is 15.3 Å². The second-order valence-corrected chi connectivity index (χ2v) is 5.25. The zero-order chi connectivity index (χ0) is 14.9. The summed E-state index contributed by atoms with van der Waals surface area (Å²) in [7, 11) is 0. The predicted molar refractivity (Wildman–Crippen MR) is 92.2 cm³/mol. The van der Waals surface area contributed by atoms with Crippen LogP contribution in [0.15, 0.2) is 54.6 Å².